The highest BCUT2D eigenvalue weighted by Gasteiger charge is 2.34. The zero-order valence-electron chi connectivity index (χ0n) is 17.8. The standard InChI is InChI=1S/C26H41F/c1-3-5-6-7-21-8-10-22(11-9-21)23-12-14-24(15-13-23)25-16-19-26(27,18-4-2)20-17-25/h12-15,21-22,25H,3-11,16-20H2,1-2H3/t21-,22-,25?,26?. The highest BCUT2D eigenvalue weighted by Crippen LogP contribution is 2.43. The molecule has 2 aliphatic carbocycles. The normalized spacial score (nSPS) is 31.7. The van der Waals surface area contributed by atoms with Crippen LogP contribution in [0.1, 0.15) is 127 Å². The van der Waals surface area contributed by atoms with Crippen molar-refractivity contribution >= 4 is 0 Å². The average Bonchev–Trinajstić information content (AvgIpc) is 2.70. The molecule has 0 nitrogen and oxygen atoms in total. The van der Waals surface area contributed by atoms with Crippen molar-refractivity contribution in [1.29, 1.82) is 0 Å². The Balaban J connectivity index is 1.47. The molecule has 1 aromatic rings. The zero-order valence-corrected chi connectivity index (χ0v) is 17.8. The van der Waals surface area contributed by atoms with E-state index in [0.29, 0.717) is 5.92 Å². The van der Waals surface area contributed by atoms with Gasteiger partial charge in [-0.3, -0.25) is 0 Å². The second kappa shape index (κ2) is 10.1. The summed E-state index contributed by atoms with van der Waals surface area (Å²) >= 11 is 0. The van der Waals surface area contributed by atoms with Gasteiger partial charge in [0.2, 0.25) is 0 Å². The quantitative estimate of drug-likeness (QED) is 0.400. The lowest BCUT2D eigenvalue weighted by molar-refractivity contribution is 0.0874. The van der Waals surface area contributed by atoms with Gasteiger partial charge in [0.05, 0.1) is 0 Å². The van der Waals surface area contributed by atoms with Crippen LogP contribution in [0, 0.1) is 5.92 Å². The Morgan fingerprint density at radius 3 is 1.85 bits per heavy atom. The predicted molar refractivity (Wildman–Crippen MR) is 115 cm³/mol. The van der Waals surface area contributed by atoms with Gasteiger partial charge in [0.1, 0.15) is 5.67 Å². The van der Waals surface area contributed by atoms with E-state index in [0.717, 1.165) is 50.4 Å². The summed E-state index contributed by atoms with van der Waals surface area (Å²) in [6.45, 7) is 4.40. The molecule has 0 atom stereocenters. The maximum Gasteiger partial charge on any atom is 0.111 e. The Hall–Kier alpha value is -0.850. The molecule has 0 saturated heterocycles. The van der Waals surface area contributed by atoms with Crippen LogP contribution in [0.25, 0.3) is 0 Å². The lowest BCUT2D eigenvalue weighted by Gasteiger charge is -2.34. The van der Waals surface area contributed by atoms with E-state index in [1.54, 1.807) is 5.56 Å². The van der Waals surface area contributed by atoms with Crippen LogP contribution in [0.3, 0.4) is 0 Å². The van der Waals surface area contributed by atoms with E-state index >= 15 is 0 Å². The third kappa shape index (κ3) is 5.81. The molecule has 0 bridgehead atoms. The lowest BCUT2D eigenvalue weighted by atomic mass is 9.74. The maximum atomic E-state index is 14.7. The van der Waals surface area contributed by atoms with Gasteiger partial charge < -0.3 is 0 Å². The maximum absolute atomic E-state index is 14.7. The third-order valence-electron chi connectivity index (χ3n) is 7.52. The number of halogens is 1. The van der Waals surface area contributed by atoms with Crippen molar-refractivity contribution in [1.82, 2.24) is 0 Å². The first-order chi connectivity index (χ1) is 13.1. The van der Waals surface area contributed by atoms with Crippen molar-refractivity contribution < 1.29 is 4.39 Å². The van der Waals surface area contributed by atoms with E-state index in [9.17, 15) is 4.39 Å². The van der Waals surface area contributed by atoms with Gasteiger partial charge in [0.15, 0.2) is 0 Å². The molecule has 152 valence electrons. The molecule has 0 N–H and O–H groups in total. The third-order valence-corrected chi connectivity index (χ3v) is 7.52. The second-order valence-electron chi connectivity index (χ2n) is 9.56. The van der Waals surface area contributed by atoms with Gasteiger partial charge in [0, 0.05) is 0 Å². The summed E-state index contributed by atoms with van der Waals surface area (Å²) < 4.78 is 14.7. The molecule has 0 amide bonds. The average molecular weight is 373 g/mol. The number of hydrogen-bond donors (Lipinski definition) is 0. The first-order valence-corrected chi connectivity index (χ1v) is 11.9. The fraction of sp³-hybridized carbons (Fsp3) is 0.769. The van der Waals surface area contributed by atoms with E-state index in [-0.39, 0.29) is 0 Å². The van der Waals surface area contributed by atoms with Crippen molar-refractivity contribution in [3.63, 3.8) is 0 Å². The van der Waals surface area contributed by atoms with Gasteiger partial charge in [-0.1, -0.05) is 70.2 Å². The highest BCUT2D eigenvalue weighted by atomic mass is 19.1. The van der Waals surface area contributed by atoms with Gasteiger partial charge in [0.25, 0.3) is 0 Å². The summed E-state index contributed by atoms with van der Waals surface area (Å²) in [7, 11) is 0. The van der Waals surface area contributed by atoms with Crippen LogP contribution >= 0.6 is 0 Å². The molecule has 0 spiro atoms. The molecule has 3 rings (SSSR count). The lowest BCUT2D eigenvalue weighted by Crippen LogP contribution is -2.28. The summed E-state index contributed by atoms with van der Waals surface area (Å²) in [5, 5.41) is 0. The SMILES string of the molecule is CCCCC[C@H]1CC[C@H](c2ccc(C3CCC(F)(CCC)CC3)cc2)CC1. The summed E-state index contributed by atoms with van der Waals surface area (Å²) in [4.78, 5) is 0. The molecule has 27 heavy (non-hydrogen) atoms. The van der Waals surface area contributed by atoms with Crippen LogP contribution in [0.5, 0.6) is 0 Å². The molecule has 0 aromatic heterocycles. The monoisotopic (exact) mass is 372 g/mol. The summed E-state index contributed by atoms with van der Waals surface area (Å²) in [6, 6.07) is 9.50. The van der Waals surface area contributed by atoms with Crippen LogP contribution < -0.4 is 0 Å². The Labute approximate surface area is 167 Å². The number of rotatable bonds is 8. The molecule has 0 unspecified atom stereocenters. The minimum absolute atomic E-state index is 0.578. The fourth-order valence-corrected chi connectivity index (χ4v) is 5.67. The van der Waals surface area contributed by atoms with Gasteiger partial charge in [-0.25, -0.2) is 4.39 Å². The second-order valence-corrected chi connectivity index (χ2v) is 9.56. The first-order valence-electron chi connectivity index (χ1n) is 11.9. The molecular weight excluding hydrogens is 331 g/mol. The van der Waals surface area contributed by atoms with Crippen LogP contribution in [0.4, 0.5) is 4.39 Å². The fourth-order valence-electron chi connectivity index (χ4n) is 5.67. The molecular formula is C26H41F. The molecule has 2 saturated carbocycles. The molecule has 1 aromatic carbocycles. The van der Waals surface area contributed by atoms with Crippen molar-refractivity contribution in [2.24, 2.45) is 5.92 Å². The Morgan fingerprint density at radius 2 is 1.33 bits per heavy atom. The van der Waals surface area contributed by atoms with Crippen molar-refractivity contribution in [2.45, 2.75) is 121 Å². The molecule has 2 aliphatic rings. The topological polar surface area (TPSA) is 0 Å². The van der Waals surface area contributed by atoms with E-state index in [1.807, 2.05) is 0 Å². The van der Waals surface area contributed by atoms with Crippen molar-refractivity contribution in [3.05, 3.63) is 35.4 Å². The molecule has 1 heteroatoms. The van der Waals surface area contributed by atoms with Crippen molar-refractivity contribution in [2.75, 3.05) is 0 Å². The Morgan fingerprint density at radius 1 is 0.778 bits per heavy atom. The van der Waals surface area contributed by atoms with E-state index < -0.39 is 5.67 Å². The highest BCUT2D eigenvalue weighted by molar-refractivity contribution is 5.28. The van der Waals surface area contributed by atoms with Crippen LogP contribution in [-0.4, -0.2) is 5.67 Å². The number of hydrogen-bond acceptors (Lipinski definition) is 0. The predicted octanol–water partition coefficient (Wildman–Crippen LogP) is 8.71. The number of benzene rings is 1. The molecule has 2 fully saturated rings. The number of unbranched alkanes of at least 4 members (excludes halogenated alkanes) is 2. The van der Waals surface area contributed by atoms with E-state index in [2.05, 4.69) is 38.1 Å². The van der Waals surface area contributed by atoms with Gasteiger partial charge in [-0.15, -0.1) is 0 Å². The molecule has 0 radical (unpaired) electrons. The van der Waals surface area contributed by atoms with Crippen LogP contribution in [-0.2, 0) is 0 Å². The summed E-state index contributed by atoms with van der Waals surface area (Å²) in [5.74, 6) is 2.34. The summed E-state index contributed by atoms with van der Waals surface area (Å²) in [5.41, 5.74) is 2.12. The Bertz CT molecular complexity index is 530. The minimum Gasteiger partial charge on any atom is -0.244 e. The van der Waals surface area contributed by atoms with Gasteiger partial charge in [-0.2, -0.15) is 0 Å². The molecule has 0 aliphatic heterocycles. The van der Waals surface area contributed by atoms with Crippen LogP contribution in [0.2, 0.25) is 0 Å². The largest absolute Gasteiger partial charge is 0.244 e. The Kier molecular flexibility index (Phi) is 7.79. The van der Waals surface area contributed by atoms with E-state index in [1.165, 1.54) is 56.9 Å². The first kappa shape index (κ1) is 20.9. The zero-order chi connectivity index (χ0) is 19.1. The number of alkyl halides is 1. The van der Waals surface area contributed by atoms with E-state index in [4.69, 9.17) is 0 Å². The summed E-state index contributed by atoms with van der Waals surface area (Å²) in [6.07, 6.45) is 16.5. The molecule has 0 heterocycles. The minimum atomic E-state index is -0.874. The van der Waals surface area contributed by atoms with Crippen LogP contribution in [0.15, 0.2) is 24.3 Å². The smallest absolute Gasteiger partial charge is 0.111 e. The van der Waals surface area contributed by atoms with Crippen molar-refractivity contribution in [3.8, 4) is 0 Å². The van der Waals surface area contributed by atoms with Gasteiger partial charge >= 0.3 is 0 Å². The van der Waals surface area contributed by atoms with Gasteiger partial charge in [-0.05, 0) is 86.7 Å².